The number of ketones is 1. The molecule has 1 aromatic carbocycles. The Morgan fingerprint density at radius 3 is 2.65 bits per heavy atom. The van der Waals surface area contributed by atoms with Gasteiger partial charge in [0.1, 0.15) is 0 Å². The number of hydrogen-bond donors (Lipinski definition) is 1. The molecule has 0 radical (unpaired) electrons. The van der Waals surface area contributed by atoms with Gasteiger partial charge in [0.2, 0.25) is 0 Å². The highest BCUT2D eigenvalue weighted by Gasteiger charge is 2.35. The highest BCUT2D eigenvalue weighted by Crippen LogP contribution is 2.29. The molecular formula is C19H24O4. The summed E-state index contributed by atoms with van der Waals surface area (Å²) in [6, 6.07) is 8.74. The van der Waals surface area contributed by atoms with E-state index in [-0.39, 0.29) is 24.2 Å². The zero-order valence-corrected chi connectivity index (χ0v) is 13.5. The van der Waals surface area contributed by atoms with Crippen molar-refractivity contribution < 1.29 is 19.4 Å². The normalized spacial score (nSPS) is 23.7. The summed E-state index contributed by atoms with van der Waals surface area (Å²) in [6.45, 7) is 2.17. The summed E-state index contributed by atoms with van der Waals surface area (Å²) < 4.78 is 5.34. The minimum atomic E-state index is -0.747. The van der Waals surface area contributed by atoms with Crippen LogP contribution in [0, 0.1) is 11.8 Å². The van der Waals surface area contributed by atoms with Gasteiger partial charge in [0.05, 0.1) is 18.3 Å². The van der Waals surface area contributed by atoms with E-state index in [1.54, 1.807) is 24.3 Å². The van der Waals surface area contributed by atoms with Gasteiger partial charge in [-0.1, -0.05) is 50.5 Å². The fourth-order valence-electron chi connectivity index (χ4n) is 2.92. The maximum Gasteiger partial charge on any atom is 0.338 e. The van der Waals surface area contributed by atoms with Gasteiger partial charge in [0, 0.05) is 11.8 Å². The summed E-state index contributed by atoms with van der Waals surface area (Å²) >= 11 is 0. The van der Waals surface area contributed by atoms with Crippen molar-refractivity contribution in [1.82, 2.24) is 0 Å². The van der Waals surface area contributed by atoms with Gasteiger partial charge >= 0.3 is 5.97 Å². The number of carbonyl (C=O) groups is 2. The van der Waals surface area contributed by atoms with Crippen LogP contribution in [-0.2, 0) is 9.53 Å². The Morgan fingerprint density at radius 1 is 1.22 bits per heavy atom. The fourth-order valence-corrected chi connectivity index (χ4v) is 2.92. The van der Waals surface area contributed by atoms with Gasteiger partial charge < -0.3 is 9.84 Å². The number of carbonyl (C=O) groups excluding carboxylic acids is 2. The van der Waals surface area contributed by atoms with Crippen LogP contribution in [0.15, 0.2) is 42.5 Å². The summed E-state index contributed by atoms with van der Waals surface area (Å²) in [5.74, 6) is -1.04. The lowest BCUT2D eigenvalue weighted by Crippen LogP contribution is -2.38. The highest BCUT2D eigenvalue weighted by atomic mass is 16.5. The molecule has 1 aromatic rings. The number of hydrogen-bond acceptors (Lipinski definition) is 4. The predicted molar refractivity (Wildman–Crippen MR) is 88.0 cm³/mol. The Kier molecular flexibility index (Phi) is 6.53. The molecule has 0 aromatic heterocycles. The Bertz CT molecular complexity index is 550. The molecule has 1 aliphatic rings. The van der Waals surface area contributed by atoms with Crippen LogP contribution in [0.25, 0.3) is 0 Å². The monoisotopic (exact) mass is 316 g/mol. The number of aliphatic hydroxyl groups excluding tert-OH is 1. The van der Waals surface area contributed by atoms with Crippen LogP contribution in [-0.4, -0.2) is 29.6 Å². The maximum atomic E-state index is 12.1. The van der Waals surface area contributed by atoms with Crippen molar-refractivity contribution in [2.24, 2.45) is 11.8 Å². The first-order chi connectivity index (χ1) is 11.1. The fraction of sp³-hybridized carbons (Fsp3) is 0.474. The van der Waals surface area contributed by atoms with E-state index < -0.39 is 12.1 Å². The van der Waals surface area contributed by atoms with Crippen molar-refractivity contribution in [3.8, 4) is 0 Å². The molecule has 1 aliphatic carbocycles. The Hall–Kier alpha value is -1.94. The number of unbranched alkanes of at least 4 members (excludes halogenated alkanes) is 2. The van der Waals surface area contributed by atoms with Gasteiger partial charge in [-0.2, -0.15) is 0 Å². The molecule has 0 saturated carbocycles. The van der Waals surface area contributed by atoms with Gasteiger partial charge in [-0.3, -0.25) is 4.79 Å². The molecule has 2 rings (SSSR count). The molecule has 0 fully saturated rings. The summed E-state index contributed by atoms with van der Waals surface area (Å²) in [5.41, 5.74) is 0.474. The number of benzene rings is 1. The number of aliphatic hydroxyl groups is 1. The Morgan fingerprint density at radius 2 is 1.96 bits per heavy atom. The van der Waals surface area contributed by atoms with Crippen molar-refractivity contribution in [1.29, 1.82) is 0 Å². The zero-order valence-electron chi connectivity index (χ0n) is 13.5. The van der Waals surface area contributed by atoms with Crippen LogP contribution >= 0.6 is 0 Å². The van der Waals surface area contributed by atoms with E-state index in [9.17, 15) is 14.7 Å². The number of ether oxygens (including phenoxy) is 1. The molecule has 23 heavy (non-hydrogen) atoms. The summed E-state index contributed by atoms with van der Waals surface area (Å²) in [5, 5.41) is 10.2. The van der Waals surface area contributed by atoms with Crippen molar-refractivity contribution in [3.05, 3.63) is 48.0 Å². The van der Waals surface area contributed by atoms with E-state index in [1.165, 1.54) is 12.2 Å². The molecular weight excluding hydrogens is 292 g/mol. The minimum absolute atomic E-state index is 0.0205. The van der Waals surface area contributed by atoms with E-state index >= 15 is 0 Å². The summed E-state index contributed by atoms with van der Waals surface area (Å²) in [7, 11) is 0. The second-order valence-corrected chi connectivity index (χ2v) is 5.98. The lowest BCUT2D eigenvalue weighted by Gasteiger charge is -2.30. The van der Waals surface area contributed by atoms with Gasteiger partial charge in [0.15, 0.2) is 5.78 Å². The minimum Gasteiger partial charge on any atom is -0.462 e. The molecule has 0 heterocycles. The Balaban J connectivity index is 1.98. The van der Waals surface area contributed by atoms with Crippen LogP contribution in [0.2, 0.25) is 0 Å². The zero-order chi connectivity index (χ0) is 16.7. The largest absolute Gasteiger partial charge is 0.462 e. The molecule has 1 N–H and O–H groups in total. The first-order valence-corrected chi connectivity index (χ1v) is 8.25. The Labute approximate surface area is 137 Å². The van der Waals surface area contributed by atoms with E-state index in [0.29, 0.717) is 5.56 Å². The number of allylic oxidation sites excluding steroid dienone is 1. The molecule has 0 amide bonds. The topological polar surface area (TPSA) is 63.6 Å². The van der Waals surface area contributed by atoms with Crippen molar-refractivity contribution in [2.45, 2.75) is 38.7 Å². The average Bonchev–Trinajstić information content (AvgIpc) is 2.58. The molecule has 3 atom stereocenters. The molecule has 4 heteroatoms. The van der Waals surface area contributed by atoms with Gasteiger partial charge in [-0.15, -0.1) is 0 Å². The molecule has 4 nitrogen and oxygen atoms in total. The van der Waals surface area contributed by atoms with E-state index in [1.807, 2.05) is 6.07 Å². The molecule has 0 saturated heterocycles. The third-order valence-corrected chi connectivity index (χ3v) is 4.31. The number of rotatable bonds is 7. The highest BCUT2D eigenvalue weighted by molar-refractivity contribution is 5.93. The summed E-state index contributed by atoms with van der Waals surface area (Å²) in [4.78, 5) is 24.2. The third-order valence-electron chi connectivity index (χ3n) is 4.31. The van der Waals surface area contributed by atoms with Gasteiger partial charge in [0.25, 0.3) is 0 Å². The molecule has 0 spiro atoms. The molecule has 1 unspecified atom stereocenters. The average molecular weight is 316 g/mol. The number of esters is 1. The lowest BCUT2D eigenvalue weighted by molar-refractivity contribution is -0.123. The smallest absolute Gasteiger partial charge is 0.338 e. The van der Waals surface area contributed by atoms with Crippen molar-refractivity contribution in [2.75, 3.05) is 6.61 Å². The third kappa shape index (κ3) is 4.76. The van der Waals surface area contributed by atoms with E-state index in [4.69, 9.17) is 4.74 Å². The van der Waals surface area contributed by atoms with Crippen LogP contribution in [0.4, 0.5) is 0 Å². The molecule has 0 bridgehead atoms. The van der Waals surface area contributed by atoms with Gasteiger partial charge in [-0.25, -0.2) is 4.79 Å². The van der Waals surface area contributed by atoms with E-state index in [2.05, 4.69) is 6.92 Å². The quantitative estimate of drug-likeness (QED) is 0.620. The van der Waals surface area contributed by atoms with Crippen LogP contribution in [0.1, 0.15) is 43.0 Å². The van der Waals surface area contributed by atoms with Crippen LogP contribution in [0.3, 0.4) is 0 Å². The second kappa shape index (κ2) is 8.63. The first-order valence-electron chi connectivity index (χ1n) is 8.25. The second-order valence-electron chi connectivity index (χ2n) is 5.98. The standard InChI is InChI=1S/C19H24O4/c1-2-3-5-10-15-16(18(21)12-11-17(15)20)13-23-19(22)14-8-6-4-7-9-14/h4,6-9,11-12,15-16,18,21H,2-3,5,10,13H2,1H3/t15?,16-,18-/m1/s1. The van der Waals surface area contributed by atoms with Crippen molar-refractivity contribution >= 4 is 11.8 Å². The van der Waals surface area contributed by atoms with Crippen LogP contribution < -0.4 is 0 Å². The SMILES string of the molecule is CCCCCC1C(=O)C=C[C@@H](O)[C@@H]1COC(=O)c1ccccc1. The van der Waals surface area contributed by atoms with E-state index in [0.717, 1.165) is 25.7 Å². The van der Waals surface area contributed by atoms with Crippen LogP contribution in [0.5, 0.6) is 0 Å². The molecule has 124 valence electrons. The van der Waals surface area contributed by atoms with Gasteiger partial charge in [-0.05, 0) is 24.6 Å². The maximum absolute atomic E-state index is 12.1. The van der Waals surface area contributed by atoms with Crippen molar-refractivity contribution in [3.63, 3.8) is 0 Å². The summed E-state index contributed by atoms with van der Waals surface area (Å²) in [6.07, 6.45) is 6.00. The predicted octanol–water partition coefficient (Wildman–Crippen LogP) is 3.16. The molecule has 0 aliphatic heterocycles. The first kappa shape index (κ1) is 17.4. The lowest BCUT2D eigenvalue weighted by atomic mass is 9.78.